The number of carbonyl (C=O) groups is 1. The second-order valence-corrected chi connectivity index (χ2v) is 6.03. The number of nitrogens with zero attached hydrogens (tertiary/aromatic N) is 2. The van der Waals surface area contributed by atoms with E-state index in [0.29, 0.717) is 31.4 Å². The summed E-state index contributed by atoms with van der Waals surface area (Å²) in [6, 6.07) is 7.50. The first kappa shape index (κ1) is 14.1. The SMILES string of the molecule is CN(Cc1ccc2c(c1)OCCO2)C(=O)c1cc(C2CC2)on1. The van der Waals surface area contributed by atoms with Crippen LogP contribution in [-0.2, 0) is 6.54 Å². The van der Waals surface area contributed by atoms with E-state index in [1.165, 1.54) is 0 Å². The summed E-state index contributed by atoms with van der Waals surface area (Å²) < 4.78 is 16.3. The number of amides is 1. The number of rotatable bonds is 4. The van der Waals surface area contributed by atoms with Gasteiger partial charge in [0.2, 0.25) is 0 Å². The van der Waals surface area contributed by atoms with Crippen molar-refractivity contribution in [2.24, 2.45) is 0 Å². The van der Waals surface area contributed by atoms with Crippen molar-refractivity contribution in [3.63, 3.8) is 0 Å². The molecule has 1 amide bonds. The molecule has 0 spiro atoms. The molecule has 0 N–H and O–H groups in total. The van der Waals surface area contributed by atoms with Gasteiger partial charge in [-0.15, -0.1) is 0 Å². The summed E-state index contributed by atoms with van der Waals surface area (Å²) in [6.07, 6.45) is 2.24. The van der Waals surface area contributed by atoms with Gasteiger partial charge in [-0.05, 0) is 30.5 Å². The molecule has 0 radical (unpaired) electrons. The van der Waals surface area contributed by atoms with E-state index in [1.54, 1.807) is 18.0 Å². The van der Waals surface area contributed by atoms with Crippen LogP contribution >= 0.6 is 0 Å². The van der Waals surface area contributed by atoms with E-state index in [1.807, 2.05) is 18.2 Å². The Balaban J connectivity index is 1.45. The maximum absolute atomic E-state index is 12.4. The summed E-state index contributed by atoms with van der Waals surface area (Å²) in [5.74, 6) is 2.61. The first-order chi connectivity index (χ1) is 11.2. The van der Waals surface area contributed by atoms with Crippen molar-refractivity contribution in [3.05, 3.63) is 41.3 Å². The lowest BCUT2D eigenvalue weighted by molar-refractivity contribution is 0.0774. The van der Waals surface area contributed by atoms with E-state index in [-0.39, 0.29) is 5.91 Å². The van der Waals surface area contributed by atoms with Gasteiger partial charge in [-0.1, -0.05) is 11.2 Å². The first-order valence-electron chi connectivity index (χ1n) is 7.81. The third-order valence-electron chi connectivity index (χ3n) is 4.10. The average molecular weight is 314 g/mol. The number of aromatic nitrogens is 1. The molecule has 1 saturated carbocycles. The number of carbonyl (C=O) groups excluding carboxylic acids is 1. The predicted molar refractivity (Wildman–Crippen MR) is 81.7 cm³/mol. The van der Waals surface area contributed by atoms with Crippen molar-refractivity contribution in [1.29, 1.82) is 0 Å². The molecular weight excluding hydrogens is 296 g/mol. The summed E-state index contributed by atoms with van der Waals surface area (Å²) in [4.78, 5) is 14.1. The Hall–Kier alpha value is -2.50. The van der Waals surface area contributed by atoms with Crippen LogP contribution in [0.3, 0.4) is 0 Å². The Morgan fingerprint density at radius 1 is 1.22 bits per heavy atom. The molecule has 1 fully saturated rings. The van der Waals surface area contributed by atoms with Gasteiger partial charge in [0.1, 0.15) is 19.0 Å². The van der Waals surface area contributed by atoms with Crippen molar-refractivity contribution in [1.82, 2.24) is 10.1 Å². The highest BCUT2D eigenvalue weighted by Gasteiger charge is 2.29. The van der Waals surface area contributed by atoms with Crippen LogP contribution in [0.1, 0.15) is 40.6 Å². The van der Waals surface area contributed by atoms with E-state index in [4.69, 9.17) is 14.0 Å². The molecule has 2 aromatic rings. The largest absolute Gasteiger partial charge is 0.486 e. The quantitative estimate of drug-likeness (QED) is 0.868. The average Bonchev–Trinajstić information content (AvgIpc) is 3.31. The lowest BCUT2D eigenvalue weighted by atomic mass is 10.1. The van der Waals surface area contributed by atoms with Crippen LogP contribution < -0.4 is 9.47 Å². The summed E-state index contributed by atoms with van der Waals surface area (Å²) in [5.41, 5.74) is 1.35. The Labute approximate surface area is 134 Å². The molecule has 0 atom stereocenters. The van der Waals surface area contributed by atoms with Gasteiger partial charge in [0.25, 0.3) is 5.91 Å². The molecule has 0 saturated heterocycles. The molecule has 1 aromatic heterocycles. The van der Waals surface area contributed by atoms with Crippen molar-refractivity contribution in [2.45, 2.75) is 25.3 Å². The Kier molecular flexibility index (Phi) is 3.44. The lowest BCUT2D eigenvalue weighted by Gasteiger charge is -2.20. The molecule has 6 heteroatoms. The highest BCUT2D eigenvalue weighted by Crippen LogP contribution is 2.40. The molecule has 4 rings (SSSR count). The van der Waals surface area contributed by atoms with Crippen molar-refractivity contribution in [3.8, 4) is 11.5 Å². The van der Waals surface area contributed by atoms with E-state index >= 15 is 0 Å². The van der Waals surface area contributed by atoms with Gasteiger partial charge in [-0.25, -0.2) is 0 Å². The van der Waals surface area contributed by atoms with E-state index in [9.17, 15) is 4.79 Å². The highest BCUT2D eigenvalue weighted by molar-refractivity contribution is 5.92. The minimum Gasteiger partial charge on any atom is -0.486 e. The maximum Gasteiger partial charge on any atom is 0.276 e. The van der Waals surface area contributed by atoms with Gasteiger partial charge in [-0.3, -0.25) is 4.79 Å². The number of benzene rings is 1. The first-order valence-corrected chi connectivity index (χ1v) is 7.81. The van der Waals surface area contributed by atoms with Crippen LogP contribution in [0.15, 0.2) is 28.8 Å². The van der Waals surface area contributed by atoms with Crippen LogP contribution in [0.25, 0.3) is 0 Å². The topological polar surface area (TPSA) is 64.8 Å². The van der Waals surface area contributed by atoms with Crippen molar-refractivity contribution in [2.75, 3.05) is 20.3 Å². The molecule has 23 heavy (non-hydrogen) atoms. The minimum atomic E-state index is -0.143. The Morgan fingerprint density at radius 3 is 2.78 bits per heavy atom. The van der Waals surface area contributed by atoms with Gasteiger partial charge in [0, 0.05) is 25.6 Å². The molecule has 1 aliphatic carbocycles. The lowest BCUT2D eigenvalue weighted by Crippen LogP contribution is -2.26. The predicted octanol–water partition coefficient (Wildman–Crippen LogP) is 2.60. The fourth-order valence-electron chi connectivity index (χ4n) is 2.68. The number of hydrogen-bond acceptors (Lipinski definition) is 5. The molecule has 120 valence electrons. The zero-order chi connectivity index (χ0) is 15.8. The minimum absolute atomic E-state index is 0.143. The molecule has 6 nitrogen and oxygen atoms in total. The number of ether oxygens (including phenoxy) is 2. The molecule has 2 heterocycles. The summed E-state index contributed by atoms with van der Waals surface area (Å²) in [6.45, 7) is 1.59. The Morgan fingerprint density at radius 2 is 2.00 bits per heavy atom. The third-order valence-corrected chi connectivity index (χ3v) is 4.10. The number of hydrogen-bond donors (Lipinski definition) is 0. The van der Waals surface area contributed by atoms with Crippen LogP contribution in [0.4, 0.5) is 0 Å². The maximum atomic E-state index is 12.4. The van der Waals surface area contributed by atoms with Gasteiger partial charge < -0.3 is 18.9 Å². The zero-order valence-electron chi connectivity index (χ0n) is 12.9. The van der Waals surface area contributed by atoms with Crippen molar-refractivity contribution < 1.29 is 18.8 Å². The van der Waals surface area contributed by atoms with Gasteiger partial charge in [0.15, 0.2) is 17.2 Å². The van der Waals surface area contributed by atoms with E-state index in [0.717, 1.165) is 35.7 Å². The summed E-state index contributed by atoms with van der Waals surface area (Å²) >= 11 is 0. The van der Waals surface area contributed by atoms with Crippen molar-refractivity contribution >= 4 is 5.91 Å². The van der Waals surface area contributed by atoms with Crippen LogP contribution in [0.2, 0.25) is 0 Å². The highest BCUT2D eigenvalue weighted by atomic mass is 16.6. The van der Waals surface area contributed by atoms with Gasteiger partial charge in [0.05, 0.1) is 0 Å². The second-order valence-electron chi connectivity index (χ2n) is 6.03. The molecule has 0 bridgehead atoms. The van der Waals surface area contributed by atoms with Crippen LogP contribution in [0, 0.1) is 0 Å². The second kappa shape index (κ2) is 5.61. The smallest absolute Gasteiger partial charge is 0.276 e. The zero-order valence-corrected chi connectivity index (χ0v) is 12.9. The fourth-order valence-corrected chi connectivity index (χ4v) is 2.68. The van der Waals surface area contributed by atoms with E-state index < -0.39 is 0 Å². The normalized spacial score (nSPS) is 16.2. The van der Waals surface area contributed by atoms with Crippen LogP contribution in [-0.4, -0.2) is 36.2 Å². The molecule has 0 unspecified atom stereocenters. The van der Waals surface area contributed by atoms with Gasteiger partial charge in [-0.2, -0.15) is 0 Å². The number of fused-ring (bicyclic) bond motifs is 1. The monoisotopic (exact) mass is 314 g/mol. The van der Waals surface area contributed by atoms with Crippen LogP contribution in [0.5, 0.6) is 11.5 Å². The molecular formula is C17H18N2O4. The summed E-state index contributed by atoms with van der Waals surface area (Å²) in [5, 5.41) is 3.90. The summed E-state index contributed by atoms with van der Waals surface area (Å²) in [7, 11) is 1.75. The Bertz CT molecular complexity index is 736. The molecule has 1 aliphatic heterocycles. The van der Waals surface area contributed by atoms with Gasteiger partial charge >= 0.3 is 0 Å². The molecule has 2 aliphatic rings. The third kappa shape index (κ3) is 2.88. The standard InChI is InChI=1S/C17H18N2O4/c1-19(17(20)13-9-15(23-18-13)12-3-4-12)10-11-2-5-14-16(8-11)22-7-6-21-14/h2,5,8-9,12H,3-4,6-7,10H2,1H3. The molecule has 1 aromatic carbocycles. The van der Waals surface area contributed by atoms with E-state index in [2.05, 4.69) is 5.16 Å². The fraction of sp³-hybridized carbons (Fsp3) is 0.412.